The van der Waals surface area contributed by atoms with E-state index in [1.807, 2.05) is 31.4 Å². The number of thiocarbonyl (C=S) groups is 1. The highest BCUT2D eigenvalue weighted by molar-refractivity contribution is 7.98. The first-order chi connectivity index (χ1) is 8.45. The van der Waals surface area contributed by atoms with E-state index in [0.717, 1.165) is 16.1 Å². The molecule has 2 atom stereocenters. The van der Waals surface area contributed by atoms with Crippen LogP contribution in [0.3, 0.4) is 0 Å². The van der Waals surface area contributed by atoms with Crippen LogP contribution < -0.4 is 11.1 Å². The van der Waals surface area contributed by atoms with Crippen molar-refractivity contribution in [1.82, 2.24) is 0 Å². The molecule has 0 saturated carbocycles. The molecule has 0 aliphatic carbocycles. The maximum atomic E-state index is 11.2. The maximum absolute atomic E-state index is 11.2. The lowest BCUT2D eigenvalue weighted by atomic mass is 10.1. The molecule has 0 aliphatic heterocycles. The molecule has 1 rings (SSSR count). The van der Waals surface area contributed by atoms with Gasteiger partial charge in [-0.2, -0.15) is 0 Å². The first-order valence-electron chi connectivity index (χ1n) is 5.49. The average molecular weight is 302 g/mol. The first-order valence-corrected chi connectivity index (χ1v) is 8.85. The van der Waals surface area contributed by atoms with Crippen LogP contribution >= 0.6 is 24.0 Å². The molecule has 1 aromatic rings. The van der Waals surface area contributed by atoms with E-state index in [1.165, 1.54) is 0 Å². The number of nitrogens with two attached hydrogens (primary N) is 1. The Balaban J connectivity index is 3.01. The predicted octanol–water partition coefficient (Wildman–Crippen LogP) is 2.22. The van der Waals surface area contributed by atoms with E-state index in [9.17, 15) is 4.21 Å². The summed E-state index contributed by atoms with van der Waals surface area (Å²) in [5.74, 6) is 0.597. The predicted molar refractivity (Wildman–Crippen MR) is 86.1 cm³/mol. The van der Waals surface area contributed by atoms with E-state index in [0.29, 0.717) is 10.7 Å². The Bertz CT molecular complexity index is 463. The molecule has 0 amide bonds. The fourth-order valence-corrected chi connectivity index (χ4v) is 3.45. The summed E-state index contributed by atoms with van der Waals surface area (Å²) in [6.45, 7) is 2.00. The molecule has 2 unspecified atom stereocenters. The summed E-state index contributed by atoms with van der Waals surface area (Å²) in [6.07, 6.45) is 3.69. The minimum absolute atomic E-state index is 0.112. The lowest BCUT2D eigenvalue weighted by molar-refractivity contribution is 0.683. The molecule has 0 aromatic heterocycles. The number of hydrogen-bond acceptors (Lipinski definition) is 4. The molecule has 0 radical (unpaired) electrons. The number of hydrogen-bond donors (Lipinski definition) is 2. The van der Waals surface area contributed by atoms with Gasteiger partial charge in [-0.1, -0.05) is 18.3 Å². The Kier molecular flexibility index (Phi) is 6.11. The Labute approximate surface area is 120 Å². The molecule has 6 heteroatoms. The van der Waals surface area contributed by atoms with Crippen LogP contribution in [-0.4, -0.2) is 33.5 Å². The van der Waals surface area contributed by atoms with E-state index in [4.69, 9.17) is 18.0 Å². The highest BCUT2D eigenvalue weighted by Crippen LogP contribution is 2.27. The van der Waals surface area contributed by atoms with Crippen molar-refractivity contribution in [2.75, 3.05) is 23.6 Å². The highest BCUT2D eigenvalue weighted by atomic mass is 32.2. The van der Waals surface area contributed by atoms with Crippen LogP contribution in [0.25, 0.3) is 0 Å². The van der Waals surface area contributed by atoms with Gasteiger partial charge in [0.05, 0.1) is 0 Å². The van der Waals surface area contributed by atoms with Crippen molar-refractivity contribution in [2.24, 2.45) is 5.73 Å². The van der Waals surface area contributed by atoms with Gasteiger partial charge in [-0.05, 0) is 25.3 Å². The molecular formula is C12H18N2OS3. The second-order valence-corrected chi connectivity index (χ2v) is 6.80. The normalized spacial score (nSPS) is 13.9. The van der Waals surface area contributed by atoms with E-state index in [1.54, 1.807) is 18.0 Å². The second-order valence-electron chi connectivity index (χ2n) is 4.03. The van der Waals surface area contributed by atoms with Crippen molar-refractivity contribution in [3.8, 4) is 0 Å². The van der Waals surface area contributed by atoms with Crippen molar-refractivity contribution in [2.45, 2.75) is 17.9 Å². The molecule has 3 N–H and O–H groups in total. The smallest absolute Gasteiger partial charge is 0.107 e. The minimum atomic E-state index is -0.826. The Morgan fingerprint density at radius 2 is 2.28 bits per heavy atom. The SMILES string of the molecule is CSc1cccc(NC(C)CS(C)=O)c1C(N)=S. The van der Waals surface area contributed by atoms with Gasteiger partial charge in [0.15, 0.2) is 0 Å². The lowest BCUT2D eigenvalue weighted by Crippen LogP contribution is -2.24. The van der Waals surface area contributed by atoms with Gasteiger partial charge >= 0.3 is 0 Å². The molecular weight excluding hydrogens is 284 g/mol. The fourth-order valence-electron chi connectivity index (χ4n) is 1.73. The Morgan fingerprint density at radius 3 is 2.78 bits per heavy atom. The van der Waals surface area contributed by atoms with Crippen LogP contribution in [0.4, 0.5) is 5.69 Å². The van der Waals surface area contributed by atoms with E-state index >= 15 is 0 Å². The van der Waals surface area contributed by atoms with Gasteiger partial charge in [0.25, 0.3) is 0 Å². The number of anilines is 1. The molecule has 0 heterocycles. The van der Waals surface area contributed by atoms with E-state index in [-0.39, 0.29) is 6.04 Å². The molecule has 0 spiro atoms. The zero-order valence-electron chi connectivity index (χ0n) is 10.7. The minimum Gasteiger partial charge on any atom is -0.389 e. The molecule has 0 aliphatic rings. The molecule has 0 bridgehead atoms. The van der Waals surface area contributed by atoms with Crippen LogP contribution in [0, 0.1) is 0 Å². The largest absolute Gasteiger partial charge is 0.389 e. The molecule has 3 nitrogen and oxygen atoms in total. The van der Waals surface area contributed by atoms with E-state index in [2.05, 4.69) is 5.32 Å². The van der Waals surface area contributed by atoms with Gasteiger partial charge in [0.2, 0.25) is 0 Å². The van der Waals surface area contributed by atoms with Crippen LogP contribution in [0.5, 0.6) is 0 Å². The van der Waals surface area contributed by atoms with Crippen molar-refractivity contribution < 1.29 is 4.21 Å². The third-order valence-corrected chi connectivity index (χ3v) is 4.33. The van der Waals surface area contributed by atoms with Crippen LogP contribution in [-0.2, 0) is 10.8 Å². The van der Waals surface area contributed by atoms with Crippen molar-refractivity contribution in [3.63, 3.8) is 0 Å². The van der Waals surface area contributed by atoms with Crippen LogP contribution in [0.1, 0.15) is 12.5 Å². The highest BCUT2D eigenvalue weighted by Gasteiger charge is 2.13. The second kappa shape index (κ2) is 7.11. The van der Waals surface area contributed by atoms with Gasteiger partial charge in [-0.15, -0.1) is 11.8 Å². The van der Waals surface area contributed by atoms with Crippen molar-refractivity contribution in [3.05, 3.63) is 23.8 Å². The zero-order valence-corrected chi connectivity index (χ0v) is 13.2. The zero-order chi connectivity index (χ0) is 13.7. The van der Waals surface area contributed by atoms with Gasteiger partial charge < -0.3 is 11.1 Å². The van der Waals surface area contributed by atoms with Crippen LogP contribution in [0.15, 0.2) is 23.1 Å². The van der Waals surface area contributed by atoms with Crippen LogP contribution in [0.2, 0.25) is 0 Å². The third kappa shape index (κ3) is 4.26. The summed E-state index contributed by atoms with van der Waals surface area (Å²) in [4.78, 5) is 1.43. The Morgan fingerprint density at radius 1 is 1.61 bits per heavy atom. The summed E-state index contributed by atoms with van der Waals surface area (Å²) in [5, 5.41) is 3.32. The van der Waals surface area contributed by atoms with Gasteiger partial charge in [0, 0.05) is 45.0 Å². The average Bonchev–Trinajstić information content (AvgIpc) is 2.26. The van der Waals surface area contributed by atoms with Gasteiger partial charge in [0.1, 0.15) is 4.99 Å². The lowest BCUT2D eigenvalue weighted by Gasteiger charge is -2.18. The fraction of sp³-hybridized carbons (Fsp3) is 0.417. The third-order valence-electron chi connectivity index (χ3n) is 2.38. The van der Waals surface area contributed by atoms with Crippen molar-refractivity contribution in [1.29, 1.82) is 0 Å². The summed E-state index contributed by atoms with van der Waals surface area (Å²) >= 11 is 6.72. The quantitative estimate of drug-likeness (QED) is 0.623. The topological polar surface area (TPSA) is 55.1 Å². The van der Waals surface area contributed by atoms with Gasteiger partial charge in [-0.3, -0.25) is 4.21 Å². The monoisotopic (exact) mass is 302 g/mol. The molecule has 100 valence electrons. The number of benzene rings is 1. The standard InChI is InChI=1S/C12H18N2OS3/c1-8(7-18(3)15)14-9-5-4-6-10(17-2)11(9)12(13)16/h4-6,8,14H,7H2,1-3H3,(H2,13,16). The Hall–Kier alpha value is -0.590. The van der Waals surface area contributed by atoms with Crippen molar-refractivity contribution >= 4 is 45.5 Å². The number of nitrogens with one attached hydrogen (secondary N) is 1. The molecule has 0 fully saturated rings. The first kappa shape index (κ1) is 15.5. The number of thioether (sulfide) groups is 1. The summed E-state index contributed by atoms with van der Waals surface area (Å²) in [6, 6.07) is 6.02. The molecule has 1 aromatic carbocycles. The summed E-state index contributed by atoms with van der Waals surface area (Å²) < 4.78 is 11.2. The maximum Gasteiger partial charge on any atom is 0.107 e. The molecule has 18 heavy (non-hydrogen) atoms. The van der Waals surface area contributed by atoms with E-state index < -0.39 is 10.8 Å². The molecule has 0 saturated heterocycles. The van der Waals surface area contributed by atoms with Gasteiger partial charge in [-0.25, -0.2) is 0 Å². The number of rotatable bonds is 6. The summed E-state index contributed by atoms with van der Waals surface area (Å²) in [5.41, 5.74) is 7.56. The summed E-state index contributed by atoms with van der Waals surface area (Å²) in [7, 11) is -0.826.